The predicted molar refractivity (Wildman–Crippen MR) is 70.3 cm³/mol. The van der Waals surface area contributed by atoms with Gasteiger partial charge < -0.3 is 20.3 Å². The lowest BCUT2D eigenvalue weighted by molar-refractivity contribution is 0.0238. The van der Waals surface area contributed by atoms with Crippen molar-refractivity contribution in [2.45, 2.75) is 19.8 Å². The molecule has 2 rings (SSSR count). The fraction of sp³-hybridized carbons (Fsp3) is 0.500. The maximum absolute atomic E-state index is 12.0. The summed E-state index contributed by atoms with van der Waals surface area (Å²) < 4.78 is 5.31. The molecule has 0 radical (unpaired) electrons. The SMILES string of the molecule is CC1(CNC(=O)c2cc(O)cc(O)c2)CCOCC1. The number of nitrogens with one attached hydrogen (secondary N) is 1. The van der Waals surface area contributed by atoms with Crippen LogP contribution in [-0.4, -0.2) is 35.9 Å². The zero-order chi connectivity index (χ0) is 13.9. The van der Waals surface area contributed by atoms with Crippen molar-refractivity contribution >= 4 is 5.91 Å². The van der Waals surface area contributed by atoms with Gasteiger partial charge in [0, 0.05) is 31.4 Å². The second-order valence-electron chi connectivity index (χ2n) is 5.34. The summed E-state index contributed by atoms with van der Waals surface area (Å²) in [5.74, 6) is -0.538. The molecule has 104 valence electrons. The normalized spacial score (nSPS) is 17.9. The molecule has 5 heteroatoms. The number of carbonyl (C=O) groups is 1. The number of amides is 1. The highest BCUT2D eigenvalue weighted by Crippen LogP contribution is 2.29. The van der Waals surface area contributed by atoms with Gasteiger partial charge in [0.05, 0.1) is 0 Å². The molecule has 0 aliphatic carbocycles. The van der Waals surface area contributed by atoms with Crippen molar-refractivity contribution in [2.24, 2.45) is 5.41 Å². The topological polar surface area (TPSA) is 78.8 Å². The fourth-order valence-corrected chi connectivity index (χ4v) is 2.16. The van der Waals surface area contributed by atoms with E-state index in [1.807, 2.05) is 0 Å². The van der Waals surface area contributed by atoms with E-state index in [0.29, 0.717) is 6.54 Å². The van der Waals surface area contributed by atoms with E-state index in [0.717, 1.165) is 26.1 Å². The number of rotatable bonds is 3. The number of benzene rings is 1. The second-order valence-corrected chi connectivity index (χ2v) is 5.34. The van der Waals surface area contributed by atoms with Gasteiger partial charge in [-0.2, -0.15) is 0 Å². The first-order valence-corrected chi connectivity index (χ1v) is 6.37. The maximum atomic E-state index is 12.0. The van der Waals surface area contributed by atoms with Crippen LogP contribution in [0.2, 0.25) is 0 Å². The van der Waals surface area contributed by atoms with Crippen molar-refractivity contribution < 1.29 is 19.7 Å². The predicted octanol–water partition coefficient (Wildman–Crippen LogP) is 1.64. The molecule has 1 aliphatic heterocycles. The minimum atomic E-state index is -0.293. The zero-order valence-corrected chi connectivity index (χ0v) is 11.0. The van der Waals surface area contributed by atoms with Gasteiger partial charge in [-0.1, -0.05) is 6.92 Å². The molecular formula is C14H19NO4. The molecule has 0 spiro atoms. The molecule has 0 atom stereocenters. The van der Waals surface area contributed by atoms with E-state index < -0.39 is 0 Å². The van der Waals surface area contributed by atoms with Crippen LogP contribution in [0.4, 0.5) is 0 Å². The summed E-state index contributed by atoms with van der Waals surface area (Å²) in [5.41, 5.74) is 0.306. The van der Waals surface area contributed by atoms with Crippen molar-refractivity contribution in [3.05, 3.63) is 23.8 Å². The van der Waals surface area contributed by atoms with E-state index in [2.05, 4.69) is 12.2 Å². The Morgan fingerprint density at radius 1 is 1.26 bits per heavy atom. The highest BCUT2D eigenvalue weighted by molar-refractivity contribution is 5.95. The van der Waals surface area contributed by atoms with E-state index in [1.54, 1.807) is 0 Å². The van der Waals surface area contributed by atoms with Crippen molar-refractivity contribution in [1.82, 2.24) is 5.32 Å². The van der Waals surface area contributed by atoms with Gasteiger partial charge in [0.25, 0.3) is 5.91 Å². The van der Waals surface area contributed by atoms with Crippen LogP contribution in [-0.2, 0) is 4.74 Å². The second kappa shape index (κ2) is 5.48. The highest BCUT2D eigenvalue weighted by Gasteiger charge is 2.27. The fourth-order valence-electron chi connectivity index (χ4n) is 2.16. The molecule has 1 fully saturated rings. The molecular weight excluding hydrogens is 246 g/mol. The summed E-state index contributed by atoms with van der Waals surface area (Å²) in [4.78, 5) is 12.0. The number of hydrogen-bond acceptors (Lipinski definition) is 4. The Hall–Kier alpha value is -1.75. The lowest BCUT2D eigenvalue weighted by Gasteiger charge is -2.33. The van der Waals surface area contributed by atoms with Crippen molar-refractivity contribution in [1.29, 1.82) is 0 Å². The minimum Gasteiger partial charge on any atom is -0.508 e. The smallest absolute Gasteiger partial charge is 0.251 e. The van der Waals surface area contributed by atoms with Crippen molar-refractivity contribution in [3.8, 4) is 11.5 Å². The number of carbonyl (C=O) groups excluding carboxylic acids is 1. The number of hydrogen-bond donors (Lipinski definition) is 3. The standard InChI is InChI=1S/C14H19NO4/c1-14(2-4-19-5-3-14)9-15-13(18)10-6-11(16)8-12(17)7-10/h6-8,16-17H,2-5,9H2,1H3,(H,15,18). The molecule has 5 nitrogen and oxygen atoms in total. The maximum Gasteiger partial charge on any atom is 0.251 e. The summed E-state index contributed by atoms with van der Waals surface area (Å²) >= 11 is 0. The zero-order valence-electron chi connectivity index (χ0n) is 11.0. The lowest BCUT2D eigenvalue weighted by atomic mass is 9.82. The van der Waals surface area contributed by atoms with Crippen LogP contribution in [0, 0.1) is 5.41 Å². The molecule has 1 aromatic rings. The van der Waals surface area contributed by atoms with Crippen LogP contribution in [0.5, 0.6) is 11.5 Å². The van der Waals surface area contributed by atoms with Gasteiger partial charge in [-0.3, -0.25) is 4.79 Å². The quantitative estimate of drug-likeness (QED) is 0.776. The molecule has 1 saturated heterocycles. The van der Waals surface area contributed by atoms with Gasteiger partial charge in [-0.25, -0.2) is 0 Å². The first-order chi connectivity index (χ1) is 8.98. The first kappa shape index (κ1) is 13.7. The van der Waals surface area contributed by atoms with Gasteiger partial charge >= 0.3 is 0 Å². The van der Waals surface area contributed by atoms with Crippen molar-refractivity contribution in [2.75, 3.05) is 19.8 Å². The first-order valence-electron chi connectivity index (χ1n) is 6.37. The highest BCUT2D eigenvalue weighted by atomic mass is 16.5. The average Bonchev–Trinajstić information content (AvgIpc) is 2.36. The van der Waals surface area contributed by atoms with E-state index in [1.165, 1.54) is 18.2 Å². The minimum absolute atomic E-state index is 0.0484. The molecule has 19 heavy (non-hydrogen) atoms. The molecule has 1 heterocycles. The Labute approximate surface area is 112 Å². The average molecular weight is 265 g/mol. The number of aromatic hydroxyl groups is 2. The Morgan fingerprint density at radius 3 is 2.42 bits per heavy atom. The van der Waals surface area contributed by atoms with Crippen LogP contribution in [0.15, 0.2) is 18.2 Å². The van der Waals surface area contributed by atoms with Gasteiger partial charge in [0.2, 0.25) is 0 Å². The number of ether oxygens (including phenoxy) is 1. The molecule has 1 amide bonds. The Bertz CT molecular complexity index is 446. The van der Waals surface area contributed by atoms with Crippen LogP contribution in [0.25, 0.3) is 0 Å². The summed E-state index contributed by atoms with van der Waals surface area (Å²) in [5, 5.41) is 21.6. The monoisotopic (exact) mass is 265 g/mol. The van der Waals surface area contributed by atoms with Gasteiger partial charge in [0.1, 0.15) is 11.5 Å². The van der Waals surface area contributed by atoms with Crippen LogP contribution < -0.4 is 5.32 Å². The molecule has 3 N–H and O–H groups in total. The summed E-state index contributed by atoms with van der Waals surface area (Å²) in [7, 11) is 0. The summed E-state index contributed by atoms with van der Waals surface area (Å²) in [6.45, 7) is 4.12. The third-order valence-electron chi connectivity index (χ3n) is 3.54. The number of phenols is 2. The Morgan fingerprint density at radius 2 is 1.84 bits per heavy atom. The van der Waals surface area contributed by atoms with Gasteiger partial charge in [-0.15, -0.1) is 0 Å². The Balaban J connectivity index is 1.97. The largest absolute Gasteiger partial charge is 0.508 e. The van der Waals surface area contributed by atoms with Crippen LogP contribution in [0.3, 0.4) is 0 Å². The molecule has 0 bridgehead atoms. The summed E-state index contributed by atoms with van der Waals surface area (Å²) in [6, 6.07) is 3.86. The summed E-state index contributed by atoms with van der Waals surface area (Å²) in [6.07, 6.45) is 1.83. The molecule has 0 saturated carbocycles. The van der Waals surface area contributed by atoms with E-state index >= 15 is 0 Å². The number of phenolic OH excluding ortho intramolecular Hbond substituents is 2. The van der Waals surface area contributed by atoms with Gasteiger partial charge in [0.15, 0.2) is 0 Å². The van der Waals surface area contributed by atoms with E-state index in [4.69, 9.17) is 4.74 Å². The van der Waals surface area contributed by atoms with Crippen LogP contribution in [0.1, 0.15) is 30.1 Å². The van der Waals surface area contributed by atoms with Crippen LogP contribution >= 0.6 is 0 Å². The third-order valence-corrected chi connectivity index (χ3v) is 3.54. The molecule has 0 aromatic heterocycles. The molecule has 1 aliphatic rings. The molecule has 1 aromatic carbocycles. The Kier molecular flexibility index (Phi) is 3.95. The molecule has 0 unspecified atom stereocenters. The lowest BCUT2D eigenvalue weighted by Crippen LogP contribution is -2.39. The van der Waals surface area contributed by atoms with E-state index in [-0.39, 0.29) is 28.4 Å². The third kappa shape index (κ3) is 3.61. The van der Waals surface area contributed by atoms with E-state index in [9.17, 15) is 15.0 Å². The van der Waals surface area contributed by atoms with Crippen molar-refractivity contribution in [3.63, 3.8) is 0 Å². The van der Waals surface area contributed by atoms with Gasteiger partial charge in [-0.05, 0) is 30.4 Å².